The van der Waals surface area contributed by atoms with Crippen molar-refractivity contribution in [2.24, 2.45) is 5.10 Å². The fourth-order valence-electron chi connectivity index (χ4n) is 2.83. The third kappa shape index (κ3) is 6.78. The summed E-state index contributed by atoms with van der Waals surface area (Å²) in [6.45, 7) is 0. The van der Waals surface area contributed by atoms with Crippen LogP contribution in [0.3, 0.4) is 0 Å². The SMILES string of the molecule is CN(C)c1ccc(/C=C(/NC(=O)c2ccccc2)C(=O)N/N=C/c2cc(O)ccc2Br)cc1. The van der Waals surface area contributed by atoms with E-state index in [1.165, 1.54) is 18.3 Å². The Morgan fingerprint density at radius 2 is 1.70 bits per heavy atom. The minimum atomic E-state index is -0.594. The minimum absolute atomic E-state index is 0.0357. The summed E-state index contributed by atoms with van der Waals surface area (Å²) < 4.78 is 0.701. The van der Waals surface area contributed by atoms with Gasteiger partial charge >= 0.3 is 0 Å². The maximum atomic E-state index is 12.9. The number of phenols is 1. The van der Waals surface area contributed by atoms with Crippen molar-refractivity contribution in [3.05, 3.63) is 99.7 Å². The van der Waals surface area contributed by atoms with Gasteiger partial charge in [0.05, 0.1) is 6.21 Å². The molecule has 3 rings (SSSR count). The van der Waals surface area contributed by atoms with Crippen molar-refractivity contribution in [3.63, 3.8) is 0 Å². The number of nitrogens with one attached hydrogen (secondary N) is 2. The van der Waals surface area contributed by atoms with Gasteiger partial charge in [0.2, 0.25) is 0 Å². The number of anilines is 1. The summed E-state index contributed by atoms with van der Waals surface area (Å²) in [6.07, 6.45) is 2.97. The van der Waals surface area contributed by atoms with Gasteiger partial charge in [0.15, 0.2) is 0 Å². The number of hydrogen-bond acceptors (Lipinski definition) is 5. The van der Waals surface area contributed by atoms with Gasteiger partial charge in [0.25, 0.3) is 11.8 Å². The van der Waals surface area contributed by atoms with Crippen LogP contribution >= 0.6 is 15.9 Å². The largest absolute Gasteiger partial charge is 0.508 e. The van der Waals surface area contributed by atoms with Gasteiger partial charge in [-0.15, -0.1) is 0 Å². The monoisotopic (exact) mass is 506 g/mol. The van der Waals surface area contributed by atoms with Gasteiger partial charge in [-0.3, -0.25) is 9.59 Å². The molecule has 168 valence electrons. The number of rotatable bonds is 7. The van der Waals surface area contributed by atoms with Crippen LogP contribution in [0.2, 0.25) is 0 Å². The number of hydrazone groups is 1. The minimum Gasteiger partial charge on any atom is -0.508 e. The van der Waals surface area contributed by atoms with E-state index in [0.29, 0.717) is 15.6 Å². The smallest absolute Gasteiger partial charge is 0.287 e. The zero-order chi connectivity index (χ0) is 23.8. The number of halogens is 1. The molecule has 0 bridgehead atoms. The third-order valence-electron chi connectivity index (χ3n) is 4.60. The molecule has 7 nitrogen and oxygen atoms in total. The van der Waals surface area contributed by atoms with Crippen molar-refractivity contribution in [2.75, 3.05) is 19.0 Å². The van der Waals surface area contributed by atoms with Crippen molar-refractivity contribution < 1.29 is 14.7 Å². The average molecular weight is 507 g/mol. The van der Waals surface area contributed by atoms with E-state index in [0.717, 1.165) is 11.3 Å². The summed E-state index contributed by atoms with van der Waals surface area (Å²) in [6, 6.07) is 20.8. The second kappa shape index (κ2) is 11.1. The Kier molecular flexibility index (Phi) is 7.99. The van der Waals surface area contributed by atoms with Gasteiger partial charge in [0.1, 0.15) is 11.4 Å². The van der Waals surface area contributed by atoms with Crippen LogP contribution in [0.4, 0.5) is 5.69 Å². The fraction of sp³-hybridized carbons (Fsp3) is 0.0800. The Hall–Kier alpha value is -3.91. The number of carbonyl (C=O) groups excluding carboxylic acids is 2. The molecule has 0 saturated carbocycles. The van der Waals surface area contributed by atoms with E-state index in [1.807, 2.05) is 43.3 Å². The first-order valence-corrected chi connectivity index (χ1v) is 10.8. The molecule has 2 amide bonds. The lowest BCUT2D eigenvalue weighted by Crippen LogP contribution is -2.32. The maximum absolute atomic E-state index is 12.9. The summed E-state index contributed by atoms with van der Waals surface area (Å²) in [5.41, 5.74) is 5.20. The third-order valence-corrected chi connectivity index (χ3v) is 5.32. The molecule has 33 heavy (non-hydrogen) atoms. The van der Waals surface area contributed by atoms with Crippen LogP contribution in [-0.4, -0.2) is 37.2 Å². The molecule has 8 heteroatoms. The molecule has 0 fully saturated rings. The Morgan fingerprint density at radius 1 is 1.00 bits per heavy atom. The Morgan fingerprint density at radius 3 is 2.36 bits per heavy atom. The van der Waals surface area contributed by atoms with Gasteiger partial charge in [-0.2, -0.15) is 5.10 Å². The standard InChI is InChI=1S/C25H23BrN4O3/c1-30(2)20-10-8-17(9-11-20)14-23(28-24(32)18-6-4-3-5-7-18)25(33)29-27-16-19-15-21(31)12-13-22(19)26/h3-16,31H,1-2H3,(H,28,32)(H,29,33)/b23-14+,27-16+. The summed E-state index contributed by atoms with van der Waals surface area (Å²) in [5.74, 6) is -0.937. The number of aromatic hydroxyl groups is 1. The van der Waals surface area contributed by atoms with Crippen molar-refractivity contribution in [3.8, 4) is 5.75 Å². The number of carbonyl (C=O) groups is 2. The van der Waals surface area contributed by atoms with Gasteiger partial charge < -0.3 is 15.3 Å². The molecule has 0 saturated heterocycles. The van der Waals surface area contributed by atoms with Crippen LogP contribution in [0.15, 0.2) is 88.1 Å². The van der Waals surface area contributed by atoms with E-state index in [2.05, 4.69) is 31.8 Å². The number of nitrogens with zero attached hydrogens (tertiary/aromatic N) is 2. The zero-order valence-corrected chi connectivity index (χ0v) is 19.7. The molecule has 0 aromatic heterocycles. The van der Waals surface area contributed by atoms with E-state index in [9.17, 15) is 14.7 Å². The van der Waals surface area contributed by atoms with Crippen molar-refractivity contribution in [1.82, 2.24) is 10.7 Å². The normalized spacial score (nSPS) is 11.3. The summed E-state index contributed by atoms with van der Waals surface area (Å²) in [4.78, 5) is 27.5. The molecule has 3 aromatic carbocycles. The summed E-state index contributed by atoms with van der Waals surface area (Å²) in [5, 5.41) is 16.3. The molecule has 0 atom stereocenters. The van der Waals surface area contributed by atoms with Crippen LogP contribution < -0.4 is 15.6 Å². The maximum Gasteiger partial charge on any atom is 0.287 e. The molecule has 0 aliphatic rings. The topological polar surface area (TPSA) is 94.0 Å². The molecule has 0 radical (unpaired) electrons. The molecule has 0 spiro atoms. The number of benzene rings is 3. The van der Waals surface area contributed by atoms with E-state index in [4.69, 9.17) is 0 Å². The molecule has 3 aromatic rings. The van der Waals surface area contributed by atoms with Crippen LogP contribution in [-0.2, 0) is 4.79 Å². The van der Waals surface area contributed by atoms with E-state index in [-0.39, 0.29) is 11.4 Å². The average Bonchev–Trinajstić information content (AvgIpc) is 2.81. The van der Waals surface area contributed by atoms with Gasteiger partial charge in [-0.05, 0) is 54.1 Å². The highest BCUT2D eigenvalue weighted by atomic mass is 79.9. The first-order chi connectivity index (χ1) is 15.8. The van der Waals surface area contributed by atoms with Crippen LogP contribution in [0.25, 0.3) is 6.08 Å². The highest BCUT2D eigenvalue weighted by Crippen LogP contribution is 2.20. The van der Waals surface area contributed by atoms with Crippen LogP contribution in [0.1, 0.15) is 21.5 Å². The lowest BCUT2D eigenvalue weighted by Gasteiger charge is -2.12. The fourth-order valence-corrected chi connectivity index (χ4v) is 3.18. The van der Waals surface area contributed by atoms with Crippen molar-refractivity contribution in [1.29, 1.82) is 0 Å². The van der Waals surface area contributed by atoms with E-state index in [1.54, 1.807) is 42.5 Å². The molecule has 3 N–H and O–H groups in total. The van der Waals surface area contributed by atoms with E-state index < -0.39 is 11.8 Å². The molecule has 0 heterocycles. The first kappa shape index (κ1) is 23.7. The Balaban J connectivity index is 1.83. The quantitative estimate of drug-likeness (QED) is 0.255. The Labute approximate surface area is 200 Å². The molecule has 0 aliphatic carbocycles. The number of amides is 2. The van der Waals surface area contributed by atoms with Crippen molar-refractivity contribution in [2.45, 2.75) is 0 Å². The molecule has 0 unspecified atom stereocenters. The lowest BCUT2D eigenvalue weighted by molar-refractivity contribution is -0.117. The van der Waals surface area contributed by atoms with Crippen LogP contribution in [0.5, 0.6) is 5.75 Å². The summed E-state index contributed by atoms with van der Waals surface area (Å²) >= 11 is 3.36. The summed E-state index contributed by atoms with van der Waals surface area (Å²) in [7, 11) is 3.87. The first-order valence-electron chi connectivity index (χ1n) is 10.0. The number of phenolic OH excluding ortho intramolecular Hbond substituents is 1. The molecular formula is C25H23BrN4O3. The molecule has 0 aliphatic heterocycles. The zero-order valence-electron chi connectivity index (χ0n) is 18.1. The Bertz CT molecular complexity index is 1190. The predicted molar refractivity (Wildman–Crippen MR) is 134 cm³/mol. The van der Waals surface area contributed by atoms with Gasteiger partial charge in [-0.1, -0.05) is 46.3 Å². The second-order valence-corrected chi connectivity index (χ2v) is 8.12. The second-order valence-electron chi connectivity index (χ2n) is 7.27. The van der Waals surface area contributed by atoms with Crippen LogP contribution in [0, 0.1) is 0 Å². The molecular weight excluding hydrogens is 484 g/mol. The predicted octanol–water partition coefficient (Wildman–Crippen LogP) is 4.14. The highest BCUT2D eigenvalue weighted by molar-refractivity contribution is 9.10. The van der Waals surface area contributed by atoms with Crippen molar-refractivity contribution >= 4 is 45.7 Å². The highest BCUT2D eigenvalue weighted by Gasteiger charge is 2.14. The lowest BCUT2D eigenvalue weighted by atomic mass is 10.1. The number of hydrogen-bond donors (Lipinski definition) is 3. The van der Waals surface area contributed by atoms with Gasteiger partial charge in [-0.25, -0.2) is 5.43 Å². The van der Waals surface area contributed by atoms with E-state index >= 15 is 0 Å². The van der Waals surface area contributed by atoms with Gasteiger partial charge in [0, 0.05) is 35.4 Å².